The molecule has 25 heavy (non-hydrogen) atoms. The molecule has 0 heterocycles. The van der Waals surface area contributed by atoms with Crippen LogP contribution in [-0.2, 0) is 9.59 Å². The molecule has 0 aliphatic rings. The fraction of sp³-hybridized carbons (Fsp3) is 0.684. The average molecular weight is 360 g/mol. The van der Waals surface area contributed by atoms with Crippen LogP contribution in [0.4, 0.5) is 0 Å². The van der Waals surface area contributed by atoms with E-state index in [-0.39, 0.29) is 11.1 Å². The number of hydrogen-bond acceptors (Lipinski definition) is 4. The van der Waals surface area contributed by atoms with Crippen molar-refractivity contribution in [3.05, 3.63) is 24.3 Å². The number of hydrogen-bond donors (Lipinski definition) is 4. The van der Waals surface area contributed by atoms with Gasteiger partial charge in [-0.3, -0.25) is 0 Å². The SMILES string of the molecule is C=C(C)C(=O)O.C=C(C)C(=O)O.CCCCCCCCCCC(O)O. The van der Waals surface area contributed by atoms with Crippen molar-refractivity contribution in [1.29, 1.82) is 0 Å². The number of carboxylic acid groups (broad SMARTS) is 2. The minimum absolute atomic E-state index is 0.176. The Morgan fingerprint density at radius 2 is 1.04 bits per heavy atom. The Kier molecular flexibility index (Phi) is 23.0. The van der Waals surface area contributed by atoms with E-state index in [0.29, 0.717) is 6.42 Å². The molecule has 0 aliphatic carbocycles. The molecular weight excluding hydrogens is 324 g/mol. The van der Waals surface area contributed by atoms with Crippen molar-refractivity contribution in [2.75, 3.05) is 0 Å². The molecule has 0 radical (unpaired) electrons. The van der Waals surface area contributed by atoms with Crippen LogP contribution in [0, 0.1) is 0 Å². The Labute approximate surface area is 151 Å². The number of aliphatic carboxylic acids is 2. The van der Waals surface area contributed by atoms with Gasteiger partial charge in [0.1, 0.15) is 0 Å². The van der Waals surface area contributed by atoms with Crippen molar-refractivity contribution in [3.63, 3.8) is 0 Å². The highest BCUT2D eigenvalue weighted by Crippen LogP contribution is 2.09. The average Bonchev–Trinajstić information content (AvgIpc) is 2.50. The molecule has 0 aromatic rings. The lowest BCUT2D eigenvalue weighted by Crippen LogP contribution is -2.02. The van der Waals surface area contributed by atoms with E-state index in [4.69, 9.17) is 20.4 Å². The second-order valence-electron chi connectivity index (χ2n) is 5.92. The summed E-state index contributed by atoms with van der Waals surface area (Å²) in [5, 5.41) is 32.9. The van der Waals surface area contributed by atoms with Gasteiger partial charge in [-0.2, -0.15) is 0 Å². The van der Waals surface area contributed by atoms with Gasteiger partial charge in [0, 0.05) is 11.1 Å². The molecule has 0 unspecified atom stereocenters. The molecule has 0 saturated heterocycles. The molecule has 0 saturated carbocycles. The number of carbonyl (C=O) groups is 2. The second kappa shape index (κ2) is 20.4. The van der Waals surface area contributed by atoms with Crippen molar-refractivity contribution >= 4 is 11.9 Å². The number of carboxylic acids is 2. The van der Waals surface area contributed by atoms with Gasteiger partial charge in [-0.05, 0) is 26.7 Å². The summed E-state index contributed by atoms with van der Waals surface area (Å²) in [6.07, 6.45) is 9.45. The molecule has 0 amide bonds. The third kappa shape index (κ3) is 34.6. The Morgan fingerprint density at radius 3 is 1.28 bits per heavy atom. The van der Waals surface area contributed by atoms with Crippen LogP contribution in [0.15, 0.2) is 24.3 Å². The summed E-state index contributed by atoms with van der Waals surface area (Å²) in [7, 11) is 0. The molecule has 0 bridgehead atoms. The molecule has 0 aromatic carbocycles. The van der Waals surface area contributed by atoms with Crippen molar-refractivity contribution in [1.82, 2.24) is 0 Å². The van der Waals surface area contributed by atoms with Crippen LogP contribution in [0.25, 0.3) is 0 Å². The van der Waals surface area contributed by atoms with Crippen LogP contribution < -0.4 is 0 Å². The maximum atomic E-state index is 9.60. The van der Waals surface area contributed by atoms with Crippen LogP contribution in [-0.4, -0.2) is 38.7 Å². The van der Waals surface area contributed by atoms with Gasteiger partial charge in [-0.15, -0.1) is 0 Å². The van der Waals surface area contributed by atoms with E-state index >= 15 is 0 Å². The van der Waals surface area contributed by atoms with Crippen molar-refractivity contribution < 1.29 is 30.0 Å². The minimum atomic E-state index is -1.10. The third-order valence-electron chi connectivity index (χ3n) is 3.05. The van der Waals surface area contributed by atoms with E-state index in [1.54, 1.807) is 0 Å². The van der Waals surface area contributed by atoms with E-state index in [1.807, 2.05) is 0 Å². The summed E-state index contributed by atoms with van der Waals surface area (Å²) in [5.41, 5.74) is 0.352. The van der Waals surface area contributed by atoms with E-state index in [2.05, 4.69) is 20.1 Å². The van der Waals surface area contributed by atoms with Crippen LogP contribution in [0.3, 0.4) is 0 Å². The first-order chi connectivity index (χ1) is 11.6. The first-order valence-corrected chi connectivity index (χ1v) is 8.69. The van der Waals surface area contributed by atoms with Gasteiger partial charge in [0.25, 0.3) is 0 Å². The number of aliphatic hydroxyl groups excluding tert-OH is 1. The maximum Gasteiger partial charge on any atom is 0.330 e. The third-order valence-corrected chi connectivity index (χ3v) is 3.05. The molecule has 0 aliphatic heterocycles. The lowest BCUT2D eigenvalue weighted by molar-refractivity contribution is -0.133. The Morgan fingerprint density at radius 1 is 0.760 bits per heavy atom. The lowest BCUT2D eigenvalue weighted by Gasteiger charge is -2.03. The monoisotopic (exact) mass is 360 g/mol. The zero-order chi connectivity index (χ0) is 20.3. The molecule has 4 N–H and O–H groups in total. The van der Waals surface area contributed by atoms with Crippen molar-refractivity contribution in [2.24, 2.45) is 0 Å². The molecule has 0 aromatic heterocycles. The Balaban J connectivity index is -0.000000336. The summed E-state index contributed by atoms with van der Waals surface area (Å²) < 4.78 is 0. The van der Waals surface area contributed by atoms with Gasteiger partial charge in [0.15, 0.2) is 6.29 Å². The zero-order valence-corrected chi connectivity index (χ0v) is 16.0. The summed E-state index contributed by atoms with van der Waals surface area (Å²) in [6, 6.07) is 0. The Hall–Kier alpha value is -1.66. The standard InChI is InChI=1S/C11H24O2.2C4H6O2/c1-2-3-4-5-6-7-8-9-10-11(12)13;2*1-3(2)4(5)6/h11-13H,2-10H2,1H3;2*1H2,2H3,(H,5,6). The minimum Gasteiger partial charge on any atom is -0.478 e. The highest BCUT2D eigenvalue weighted by molar-refractivity contribution is 5.85. The molecular formula is C19H36O6. The summed E-state index contributed by atoms with van der Waals surface area (Å²) in [4.78, 5) is 19.2. The normalized spacial score (nSPS) is 9.36. The van der Waals surface area contributed by atoms with Gasteiger partial charge < -0.3 is 20.4 Å². The fourth-order valence-electron chi connectivity index (χ4n) is 1.46. The smallest absolute Gasteiger partial charge is 0.330 e. The van der Waals surface area contributed by atoms with Crippen LogP contribution in [0.1, 0.15) is 78.6 Å². The Bertz CT molecular complexity index is 326. The lowest BCUT2D eigenvalue weighted by atomic mass is 10.1. The van der Waals surface area contributed by atoms with Crippen LogP contribution in [0.5, 0.6) is 0 Å². The number of unbranched alkanes of at least 4 members (excludes halogenated alkanes) is 7. The number of aliphatic hydroxyl groups is 2. The maximum absolute atomic E-state index is 9.60. The largest absolute Gasteiger partial charge is 0.478 e. The highest BCUT2D eigenvalue weighted by Gasteiger charge is 1.96. The molecule has 0 rings (SSSR count). The first-order valence-electron chi connectivity index (χ1n) is 8.69. The van der Waals surface area contributed by atoms with Gasteiger partial charge in [-0.25, -0.2) is 9.59 Å². The molecule has 0 spiro atoms. The van der Waals surface area contributed by atoms with E-state index in [9.17, 15) is 9.59 Å². The van der Waals surface area contributed by atoms with Gasteiger partial charge in [-0.1, -0.05) is 65.0 Å². The molecule has 6 nitrogen and oxygen atoms in total. The van der Waals surface area contributed by atoms with Gasteiger partial charge >= 0.3 is 11.9 Å². The van der Waals surface area contributed by atoms with Crippen LogP contribution in [0.2, 0.25) is 0 Å². The fourth-order valence-corrected chi connectivity index (χ4v) is 1.46. The first kappa shape index (κ1) is 28.2. The quantitative estimate of drug-likeness (QED) is 0.250. The second-order valence-corrected chi connectivity index (χ2v) is 5.92. The van der Waals surface area contributed by atoms with Crippen molar-refractivity contribution in [2.45, 2.75) is 84.8 Å². The molecule has 0 fully saturated rings. The summed E-state index contributed by atoms with van der Waals surface area (Å²) in [6.45, 7) is 11.4. The number of rotatable bonds is 11. The predicted molar refractivity (Wildman–Crippen MR) is 100 cm³/mol. The van der Waals surface area contributed by atoms with Gasteiger partial charge in [0.2, 0.25) is 0 Å². The van der Waals surface area contributed by atoms with Crippen LogP contribution >= 0.6 is 0 Å². The van der Waals surface area contributed by atoms with Gasteiger partial charge in [0.05, 0.1) is 0 Å². The molecule has 6 heteroatoms. The molecule has 0 atom stereocenters. The summed E-state index contributed by atoms with van der Waals surface area (Å²) in [5.74, 6) is -1.87. The van der Waals surface area contributed by atoms with E-state index in [1.165, 1.54) is 52.4 Å². The zero-order valence-electron chi connectivity index (χ0n) is 16.0. The molecule has 148 valence electrons. The summed E-state index contributed by atoms with van der Waals surface area (Å²) >= 11 is 0. The van der Waals surface area contributed by atoms with Crippen molar-refractivity contribution in [3.8, 4) is 0 Å². The van der Waals surface area contributed by atoms with E-state index < -0.39 is 18.2 Å². The highest BCUT2D eigenvalue weighted by atomic mass is 16.5. The van der Waals surface area contributed by atoms with E-state index in [0.717, 1.165) is 12.8 Å². The topological polar surface area (TPSA) is 115 Å². The predicted octanol–water partition coefficient (Wildman–Crippen LogP) is 4.12.